The van der Waals surface area contributed by atoms with E-state index in [9.17, 15) is 9.59 Å². The van der Waals surface area contributed by atoms with Crippen molar-refractivity contribution in [1.29, 1.82) is 0 Å². The van der Waals surface area contributed by atoms with Gasteiger partial charge in [0.1, 0.15) is 0 Å². The van der Waals surface area contributed by atoms with Crippen LogP contribution in [0.1, 0.15) is 32.0 Å². The number of hydrogen-bond donors (Lipinski definition) is 2. The van der Waals surface area contributed by atoms with E-state index in [0.29, 0.717) is 25.2 Å². The number of anilines is 2. The van der Waals surface area contributed by atoms with E-state index in [0.717, 1.165) is 39.1 Å². The van der Waals surface area contributed by atoms with Crippen LogP contribution >= 0.6 is 0 Å². The molecule has 1 aromatic heterocycles. The third-order valence-electron chi connectivity index (χ3n) is 5.81. The fourth-order valence-corrected chi connectivity index (χ4v) is 4.21. The molecule has 0 aliphatic carbocycles. The number of fused-ring (bicyclic) bond motifs is 2. The van der Waals surface area contributed by atoms with Crippen molar-refractivity contribution in [1.82, 2.24) is 15.2 Å². The number of nitrogens with one attached hydrogen (secondary N) is 2. The van der Waals surface area contributed by atoms with Crippen molar-refractivity contribution in [2.24, 2.45) is 0 Å². The van der Waals surface area contributed by atoms with Gasteiger partial charge in [0.05, 0.1) is 5.52 Å². The maximum absolute atomic E-state index is 12.7. The molecule has 0 atom stereocenters. The molecule has 1 aliphatic rings. The van der Waals surface area contributed by atoms with Gasteiger partial charge in [0, 0.05) is 53.2 Å². The summed E-state index contributed by atoms with van der Waals surface area (Å²) in [5.41, 5.74) is 5.96. The average Bonchev–Trinajstić information content (AvgIpc) is 3.14. The number of para-hydroxylation sites is 1. The van der Waals surface area contributed by atoms with Crippen molar-refractivity contribution in [2.75, 3.05) is 18.4 Å². The van der Waals surface area contributed by atoms with E-state index < -0.39 is 0 Å². The first kappa shape index (κ1) is 20.7. The molecule has 6 heteroatoms. The van der Waals surface area contributed by atoms with Gasteiger partial charge in [0.2, 0.25) is 0 Å². The number of carbonyl (C=O) groups is 2. The zero-order chi connectivity index (χ0) is 22.8. The maximum Gasteiger partial charge on any atom is 0.254 e. The molecule has 0 spiro atoms. The zero-order valence-electron chi connectivity index (χ0n) is 18.3. The Balaban J connectivity index is 1.24. The molecule has 3 aromatic carbocycles. The minimum absolute atomic E-state index is 0.0194. The average molecular weight is 437 g/mol. The van der Waals surface area contributed by atoms with Crippen LogP contribution in [0.3, 0.4) is 0 Å². The molecule has 0 saturated carbocycles. The van der Waals surface area contributed by atoms with E-state index in [1.165, 1.54) is 0 Å². The molecule has 5 rings (SSSR count). The zero-order valence-corrected chi connectivity index (χ0v) is 18.3. The van der Waals surface area contributed by atoms with Crippen molar-refractivity contribution in [2.45, 2.75) is 13.5 Å². The van der Waals surface area contributed by atoms with Gasteiger partial charge >= 0.3 is 0 Å². The molecular weight excluding hydrogens is 412 g/mol. The van der Waals surface area contributed by atoms with Crippen molar-refractivity contribution in [3.63, 3.8) is 0 Å². The maximum atomic E-state index is 12.7. The number of nitrogens with zero attached hydrogens (tertiary/aromatic N) is 2. The number of aromatic nitrogens is 1. The van der Waals surface area contributed by atoms with Crippen LogP contribution in [0.15, 0.2) is 78.9 Å². The molecule has 0 saturated heterocycles. The molecule has 4 aromatic rings. The van der Waals surface area contributed by atoms with E-state index in [1.54, 1.807) is 11.0 Å². The van der Waals surface area contributed by atoms with Crippen molar-refractivity contribution >= 4 is 34.1 Å². The molecule has 2 heterocycles. The lowest BCUT2D eigenvalue weighted by atomic mass is 10.1. The topological polar surface area (TPSA) is 74.3 Å². The standard InChI is InChI=1S/C27H24N4O2/c1-18-15-25(23-11-4-5-12-24(23)29-18)30-21-9-6-8-19(16-21)26(32)28-13-14-31-17-20-7-2-3-10-22(20)27(31)33/h2-12,15-16H,13-14,17H2,1H3,(H,28,32)(H,29,30). The van der Waals surface area contributed by atoms with Crippen LogP contribution < -0.4 is 10.6 Å². The Morgan fingerprint density at radius 3 is 2.70 bits per heavy atom. The Morgan fingerprint density at radius 1 is 1.00 bits per heavy atom. The van der Waals surface area contributed by atoms with Crippen LogP contribution in [0.5, 0.6) is 0 Å². The lowest BCUT2D eigenvalue weighted by Crippen LogP contribution is -2.35. The van der Waals surface area contributed by atoms with E-state index >= 15 is 0 Å². The number of benzene rings is 3. The Kier molecular flexibility index (Phi) is 5.48. The molecule has 0 radical (unpaired) electrons. The van der Waals surface area contributed by atoms with Crippen LogP contribution in [-0.4, -0.2) is 34.8 Å². The first-order chi connectivity index (χ1) is 16.1. The Labute approximate surface area is 192 Å². The van der Waals surface area contributed by atoms with Crippen LogP contribution in [0.25, 0.3) is 10.9 Å². The van der Waals surface area contributed by atoms with Gasteiger partial charge in [-0.05, 0) is 48.9 Å². The Hall–Kier alpha value is -4.19. The number of carbonyl (C=O) groups excluding carboxylic acids is 2. The SMILES string of the molecule is Cc1cc(Nc2cccc(C(=O)NCCN3Cc4ccccc4C3=O)c2)c2ccccc2n1. The van der Waals surface area contributed by atoms with E-state index in [2.05, 4.69) is 15.6 Å². The number of aryl methyl sites for hydroxylation is 1. The molecule has 0 fully saturated rings. The van der Waals surface area contributed by atoms with E-state index in [1.807, 2.05) is 79.7 Å². The van der Waals surface area contributed by atoms with Gasteiger partial charge in [-0.2, -0.15) is 0 Å². The number of amides is 2. The van der Waals surface area contributed by atoms with Crippen molar-refractivity contribution in [3.05, 3.63) is 101 Å². The van der Waals surface area contributed by atoms with Crippen molar-refractivity contribution < 1.29 is 9.59 Å². The predicted molar refractivity (Wildman–Crippen MR) is 130 cm³/mol. The molecule has 6 nitrogen and oxygen atoms in total. The van der Waals surface area contributed by atoms with Gasteiger partial charge in [-0.1, -0.05) is 42.5 Å². The molecule has 2 N–H and O–H groups in total. The lowest BCUT2D eigenvalue weighted by Gasteiger charge is -2.16. The normalized spacial score (nSPS) is 12.6. The first-order valence-electron chi connectivity index (χ1n) is 11.0. The second-order valence-electron chi connectivity index (χ2n) is 8.17. The van der Waals surface area contributed by atoms with Crippen LogP contribution in [-0.2, 0) is 6.54 Å². The highest BCUT2D eigenvalue weighted by Gasteiger charge is 2.26. The quantitative estimate of drug-likeness (QED) is 0.461. The summed E-state index contributed by atoms with van der Waals surface area (Å²) >= 11 is 0. The molecule has 1 aliphatic heterocycles. The fourth-order valence-electron chi connectivity index (χ4n) is 4.21. The molecule has 0 bridgehead atoms. The molecular formula is C27H24N4O2. The van der Waals surface area contributed by atoms with Gasteiger partial charge in [0.25, 0.3) is 11.8 Å². The minimum atomic E-state index is -0.168. The van der Waals surface area contributed by atoms with Gasteiger partial charge in [-0.3, -0.25) is 14.6 Å². The summed E-state index contributed by atoms with van der Waals surface area (Å²) in [6.07, 6.45) is 0. The van der Waals surface area contributed by atoms with E-state index in [4.69, 9.17) is 0 Å². The van der Waals surface area contributed by atoms with Gasteiger partial charge < -0.3 is 15.5 Å². The molecule has 0 unspecified atom stereocenters. The van der Waals surface area contributed by atoms with Gasteiger partial charge in [0.15, 0.2) is 0 Å². The van der Waals surface area contributed by atoms with E-state index in [-0.39, 0.29) is 11.8 Å². The second-order valence-corrected chi connectivity index (χ2v) is 8.17. The number of rotatable bonds is 6. The molecule has 164 valence electrons. The second kappa shape index (κ2) is 8.74. The van der Waals surface area contributed by atoms with Crippen LogP contribution in [0.4, 0.5) is 11.4 Å². The van der Waals surface area contributed by atoms with Gasteiger partial charge in [-0.15, -0.1) is 0 Å². The van der Waals surface area contributed by atoms with Crippen molar-refractivity contribution in [3.8, 4) is 0 Å². The van der Waals surface area contributed by atoms with Gasteiger partial charge in [-0.25, -0.2) is 0 Å². The summed E-state index contributed by atoms with van der Waals surface area (Å²) in [7, 11) is 0. The smallest absolute Gasteiger partial charge is 0.254 e. The Bertz CT molecular complexity index is 1370. The molecule has 2 amide bonds. The predicted octanol–water partition coefficient (Wildman–Crippen LogP) is 4.67. The highest BCUT2D eigenvalue weighted by atomic mass is 16.2. The summed E-state index contributed by atoms with van der Waals surface area (Å²) in [5.74, 6) is -0.149. The van der Waals surface area contributed by atoms with Crippen LogP contribution in [0, 0.1) is 6.92 Å². The monoisotopic (exact) mass is 436 g/mol. The summed E-state index contributed by atoms with van der Waals surface area (Å²) < 4.78 is 0. The highest BCUT2D eigenvalue weighted by molar-refractivity contribution is 5.99. The summed E-state index contributed by atoms with van der Waals surface area (Å²) in [6.45, 7) is 3.42. The fraction of sp³-hybridized carbons (Fsp3) is 0.148. The highest BCUT2D eigenvalue weighted by Crippen LogP contribution is 2.27. The summed E-state index contributed by atoms with van der Waals surface area (Å²) in [5, 5.41) is 7.38. The van der Waals surface area contributed by atoms with Crippen LogP contribution in [0.2, 0.25) is 0 Å². The summed E-state index contributed by atoms with van der Waals surface area (Å²) in [4.78, 5) is 31.6. The largest absolute Gasteiger partial charge is 0.355 e. The number of pyridine rings is 1. The third kappa shape index (κ3) is 4.28. The lowest BCUT2D eigenvalue weighted by molar-refractivity contribution is 0.0770. The number of hydrogen-bond acceptors (Lipinski definition) is 4. The Morgan fingerprint density at radius 2 is 1.82 bits per heavy atom. The first-order valence-corrected chi connectivity index (χ1v) is 11.0. The third-order valence-corrected chi connectivity index (χ3v) is 5.81. The minimum Gasteiger partial charge on any atom is -0.355 e. The summed E-state index contributed by atoms with van der Waals surface area (Å²) in [6, 6.07) is 25.0. The molecule has 33 heavy (non-hydrogen) atoms.